The van der Waals surface area contributed by atoms with Crippen molar-refractivity contribution in [1.82, 2.24) is 25.4 Å². The molecule has 2 amide bonds. The minimum absolute atomic E-state index is 0.170. The van der Waals surface area contributed by atoms with E-state index in [1.54, 1.807) is 6.20 Å². The molecule has 0 aliphatic heterocycles. The number of hydrogen-bond donors (Lipinski definition) is 3. The third kappa shape index (κ3) is 6.05. The number of nitrogens with one attached hydrogen (secondary N) is 2. The van der Waals surface area contributed by atoms with Crippen molar-refractivity contribution in [2.45, 2.75) is 6.10 Å². The SMILES string of the molecule is CN(C)C[C@H](CNC(=O)Nc1nnc(-c2ccccn2)s1)[C@@H](O)c1ccccc1. The average molecular weight is 413 g/mol. The molecule has 0 bridgehead atoms. The summed E-state index contributed by atoms with van der Waals surface area (Å²) < 4.78 is 0. The first-order valence-corrected chi connectivity index (χ1v) is 10.0. The third-order valence-corrected chi connectivity index (χ3v) is 5.10. The van der Waals surface area contributed by atoms with E-state index in [1.807, 2.05) is 67.5 Å². The molecule has 2 aromatic heterocycles. The molecule has 29 heavy (non-hydrogen) atoms. The van der Waals surface area contributed by atoms with E-state index >= 15 is 0 Å². The number of aliphatic hydroxyl groups excluding tert-OH is 1. The van der Waals surface area contributed by atoms with Gasteiger partial charge in [0.15, 0.2) is 5.01 Å². The van der Waals surface area contributed by atoms with Crippen LogP contribution in [0, 0.1) is 5.92 Å². The molecule has 9 heteroatoms. The molecule has 8 nitrogen and oxygen atoms in total. The molecule has 0 radical (unpaired) electrons. The van der Waals surface area contributed by atoms with Gasteiger partial charge in [0.05, 0.1) is 6.10 Å². The zero-order chi connectivity index (χ0) is 20.6. The molecule has 2 atom stereocenters. The number of urea groups is 1. The predicted molar refractivity (Wildman–Crippen MR) is 114 cm³/mol. The van der Waals surface area contributed by atoms with Gasteiger partial charge in [-0.1, -0.05) is 47.7 Å². The summed E-state index contributed by atoms with van der Waals surface area (Å²) in [6.45, 7) is 0.935. The first-order chi connectivity index (χ1) is 14.0. The summed E-state index contributed by atoms with van der Waals surface area (Å²) >= 11 is 1.25. The van der Waals surface area contributed by atoms with Crippen molar-refractivity contribution in [3.8, 4) is 10.7 Å². The lowest BCUT2D eigenvalue weighted by molar-refractivity contribution is 0.0911. The summed E-state index contributed by atoms with van der Waals surface area (Å²) in [6.07, 6.45) is 0.996. The standard InChI is InChI=1S/C20H24N6O2S/c1-26(2)13-15(17(27)14-8-4-3-5-9-14)12-22-19(28)23-20-25-24-18(29-20)16-10-6-7-11-21-16/h3-11,15,17,27H,12-13H2,1-2H3,(H2,22,23,25,28)/t15-,17-/m0/s1. The zero-order valence-electron chi connectivity index (χ0n) is 16.3. The number of rotatable bonds is 8. The summed E-state index contributed by atoms with van der Waals surface area (Å²) in [5.74, 6) is -0.170. The van der Waals surface area contributed by atoms with Crippen molar-refractivity contribution < 1.29 is 9.90 Å². The summed E-state index contributed by atoms with van der Waals surface area (Å²) in [5.41, 5.74) is 1.53. The van der Waals surface area contributed by atoms with Gasteiger partial charge in [0.25, 0.3) is 0 Å². The number of hydrogen-bond acceptors (Lipinski definition) is 7. The smallest absolute Gasteiger partial charge is 0.321 e. The fourth-order valence-corrected chi connectivity index (χ4v) is 3.61. The summed E-state index contributed by atoms with van der Waals surface area (Å²) in [6, 6.07) is 14.6. The van der Waals surface area contributed by atoms with E-state index in [0.29, 0.717) is 28.9 Å². The molecule has 0 saturated heterocycles. The second kappa shape index (κ2) is 10.1. The fraction of sp³-hybridized carbons (Fsp3) is 0.300. The van der Waals surface area contributed by atoms with E-state index < -0.39 is 12.1 Å². The summed E-state index contributed by atoms with van der Waals surface area (Å²) in [5, 5.41) is 25.3. The molecule has 152 valence electrons. The second-order valence-electron chi connectivity index (χ2n) is 6.84. The van der Waals surface area contributed by atoms with Gasteiger partial charge in [-0.2, -0.15) is 0 Å². The maximum atomic E-state index is 12.3. The number of aliphatic hydroxyl groups is 1. The van der Waals surface area contributed by atoms with Gasteiger partial charge in [-0.25, -0.2) is 4.79 Å². The molecule has 0 aliphatic rings. The van der Waals surface area contributed by atoms with E-state index in [0.717, 1.165) is 5.56 Å². The van der Waals surface area contributed by atoms with Crippen LogP contribution >= 0.6 is 11.3 Å². The van der Waals surface area contributed by atoms with Crippen LogP contribution in [-0.2, 0) is 0 Å². The van der Waals surface area contributed by atoms with Crippen LogP contribution < -0.4 is 10.6 Å². The van der Waals surface area contributed by atoms with Crippen LogP contribution in [0.3, 0.4) is 0 Å². The summed E-state index contributed by atoms with van der Waals surface area (Å²) in [4.78, 5) is 18.5. The van der Waals surface area contributed by atoms with Gasteiger partial charge < -0.3 is 15.3 Å². The Morgan fingerprint density at radius 2 is 1.90 bits per heavy atom. The highest BCUT2D eigenvalue weighted by molar-refractivity contribution is 7.18. The molecule has 2 heterocycles. The Bertz CT molecular complexity index is 904. The molecule has 3 aromatic rings. The van der Waals surface area contributed by atoms with Gasteiger partial charge in [0, 0.05) is 25.2 Å². The topological polar surface area (TPSA) is 103 Å². The van der Waals surface area contributed by atoms with Gasteiger partial charge in [0.2, 0.25) is 5.13 Å². The highest BCUT2D eigenvalue weighted by atomic mass is 32.1. The number of aromatic nitrogens is 3. The molecule has 3 N–H and O–H groups in total. The second-order valence-corrected chi connectivity index (χ2v) is 7.82. The molecule has 0 spiro atoms. The first-order valence-electron chi connectivity index (χ1n) is 9.20. The maximum absolute atomic E-state index is 12.3. The Kier molecular flexibility index (Phi) is 7.23. The van der Waals surface area contributed by atoms with Crippen LogP contribution in [0.4, 0.5) is 9.93 Å². The Balaban J connectivity index is 1.58. The molecule has 1 aromatic carbocycles. The van der Waals surface area contributed by atoms with Crippen molar-refractivity contribution in [3.63, 3.8) is 0 Å². The number of amides is 2. The lowest BCUT2D eigenvalue weighted by Gasteiger charge is -2.26. The Labute approximate surface area is 173 Å². The number of carbonyl (C=O) groups excluding carboxylic acids is 1. The van der Waals surface area contributed by atoms with Crippen LogP contribution in [0.25, 0.3) is 10.7 Å². The normalized spacial score (nSPS) is 13.1. The van der Waals surface area contributed by atoms with Crippen LogP contribution in [0.5, 0.6) is 0 Å². The Morgan fingerprint density at radius 1 is 1.14 bits per heavy atom. The van der Waals surface area contributed by atoms with E-state index in [4.69, 9.17) is 0 Å². The zero-order valence-corrected chi connectivity index (χ0v) is 17.1. The van der Waals surface area contributed by atoms with Gasteiger partial charge in [-0.15, -0.1) is 10.2 Å². The molecular weight excluding hydrogens is 388 g/mol. The molecule has 0 fully saturated rings. The third-order valence-electron chi connectivity index (χ3n) is 4.24. The van der Waals surface area contributed by atoms with Crippen LogP contribution in [0.15, 0.2) is 54.7 Å². The number of anilines is 1. The largest absolute Gasteiger partial charge is 0.388 e. The lowest BCUT2D eigenvalue weighted by atomic mass is 9.95. The number of carbonyl (C=O) groups is 1. The van der Waals surface area contributed by atoms with Gasteiger partial charge in [0.1, 0.15) is 5.69 Å². The minimum atomic E-state index is -0.684. The predicted octanol–water partition coefficient (Wildman–Crippen LogP) is 2.63. The maximum Gasteiger partial charge on any atom is 0.321 e. The number of nitrogens with zero attached hydrogens (tertiary/aromatic N) is 4. The number of benzene rings is 1. The van der Waals surface area contributed by atoms with Crippen LogP contribution in [-0.4, -0.2) is 58.4 Å². The van der Waals surface area contributed by atoms with Gasteiger partial charge in [-0.3, -0.25) is 10.3 Å². The van der Waals surface area contributed by atoms with Crippen molar-refractivity contribution in [1.29, 1.82) is 0 Å². The highest BCUT2D eigenvalue weighted by Gasteiger charge is 2.22. The fourth-order valence-electron chi connectivity index (χ4n) is 2.90. The van der Waals surface area contributed by atoms with E-state index in [-0.39, 0.29) is 5.92 Å². The Morgan fingerprint density at radius 3 is 2.59 bits per heavy atom. The number of pyridine rings is 1. The summed E-state index contributed by atoms with van der Waals surface area (Å²) in [7, 11) is 3.87. The molecule has 0 saturated carbocycles. The minimum Gasteiger partial charge on any atom is -0.388 e. The first kappa shape index (κ1) is 20.8. The van der Waals surface area contributed by atoms with Gasteiger partial charge in [-0.05, 0) is 31.8 Å². The van der Waals surface area contributed by atoms with Crippen molar-refractivity contribution in [3.05, 3.63) is 60.3 Å². The van der Waals surface area contributed by atoms with Crippen LogP contribution in [0.2, 0.25) is 0 Å². The molecule has 0 aliphatic carbocycles. The van der Waals surface area contributed by atoms with Crippen molar-refractivity contribution in [2.75, 3.05) is 32.5 Å². The van der Waals surface area contributed by atoms with Crippen molar-refractivity contribution >= 4 is 22.5 Å². The lowest BCUT2D eigenvalue weighted by Crippen LogP contribution is -2.39. The monoisotopic (exact) mass is 412 g/mol. The van der Waals surface area contributed by atoms with Gasteiger partial charge >= 0.3 is 6.03 Å². The molecule has 3 rings (SSSR count). The van der Waals surface area contributed by atoms with E-state index in [1.165, 1.54) is 11.3 Å². The van der Waals surface area contributed by atoms with E-state index in [9.17, 15) is 9.90 Å². The quantitative estimate of drug-likeness (QED) is 0.526. The highest BCUT2D eigenvalue weighted by Crippen LogP contribution is 2.24. The van der Waals surface area contributed by atoms with E-state index in [2.05, 4.69) is 25.8 Å². The molecule has 0 unspecified atom stereocenters. The van der Waals surface area contributed by atoms with Crippen molar-refractivity contribution in [2.24, 2.45) is 5.92 Å². The molecular formula is C20H24N6O2S. The average Bonchev–Trinajstić information content (AvgIpc) is 3.20. The van der Waals surface area contributed by atoms with Crippen LogP contribution in [0.1, 0.15) is 11.7 Å². The Hall–Kier alpha value is -2.88.